The molecule has 0 aliphatic carbocycles. The van der Waals surface area contributed by atoms with E-state index in [1.54, 1.807) is 34.8 Å². The number of anilines is 1. The van der Waals surface area contributed by atoms with E-state index in [2.05, 4.69) is 32.6 Å². The Kier molecular flexibility index (Phi) is 7.83. The van der Waals surface area contributed by atoms with Crippen molar-refractivity contribution in [2.75, 3.05) is 37.4 Å². The molecule has 1 aromatic carbocycles. The van der Waals surface area contributed by atoms with Gasteiger partial charge in [0.05, 0.1) is 24.7 Å². The minimum absolute atomic E-state index is 0.0998. The fourth-order valence-electron chi connectivity index (χ4n) is 2.78. The van der Waals surface area contributed by atoms with Gasteiger partial charge in [-0.3, -0.25) is 4.79 Å². The van der Waals surface area contributed by atoms with Crippen molar-refractivity contribution in [3.63, 3.8) is 0 Å². The molecular formula is C20H26N6O2S. The molecule has 0 spiro atoms. The fourth-order valence-corrected chi connectivity index (χ4v) is 3.35. The average molecular weight is 415 g/mol. The third-order valence-corrected chi connectivity index (χ3v) is 4.87. The molecule has 2 N–H and O–H groups in total. The number of rotatable bonds is 11. The van der Waals surface area contributed by atoms with E-state index < -0.39 is 0 Å². The Hall–Kier alpha value is -2.65. The molecule has 0 aliphatic heterocycles. The molecule has 0 saturated carbocycles. The van der Waals surface area contributed by atoms with E-state index in [1.807, 2.05) is 25.1 Å². The zero-order valence-corrected chi connectivity index (χ0v) is 17.5. The number of nitrogens with zero attached hydrogens (tertiary/aromatic N) is 4. The molecule has 0 fully saturated rings. The van der Waals surface area contributed by atoms with Crippen LogP contribution in [0, 0.1) is 0 Å². The van der Waals surface area contributed by atoms with Gasteiger partial charge in [-0.25, -0.2) is 14.6 Å². The molecule has 9 heteroatoms. The van der Waals surface area contributed by atoms with Crippen LogP contribution in [0.4, 0.5) is 5.82 Å². The quantitative estimate of drug-likeness (QED) is 0.283. The Morgan fingerprint density at radius 2 is 2.00 bits per heavy atom. The van der Waals surface area contributed by atoms with E-state index in [9.17, 15) is 4.79 Å². The van der Waals surface area contributed by atoms with Crippen molar-refractivity contribution < 1.29 is 9.53 Å². The normalized spacial score (nSPS) is 11.0. The van der Waals surface area contributed by atoms with Crippen LogP contribution in [0.2, 0.25) is 0 Å². The maximum absolute atomic E-state index is 12.2. The molecule has 8 nitrogen and oxygen atoms in total. The van der Waals surface area contributed by atoms with Crippen molar-refractivity contribution in [1.29, 1.82) is 0 Å². The molecule has 0 aliphatic rings. The SMILES string of the molecule is CCOCCNc1nc(SCC)nc2c1cnn2CCNC(=O)c1ccccc1. The van der Waals surface area contributed by atoms with Gasteiger partial charge in [-0.05, 0) is 24.8 Å². The maximum Gasteiger partial charge on any atom is 0.251 e. The van der Waals surface area contributed by atoms with Crippen LogP contribution in [0.25, 0.3) is 11.0 Å². The van der Waals surface area contributed by atoms with Gasteiger partial charge in [-0.2, -0.15) is 5.10 Å². The number of ether oxygens (including phenoxy) is 1. The molecule has 0 bridgehead atoms. The summed E-state index contributed by atoms with van der Waals surface area (Å²) in [6.07, 6.45) is 1.76. The topological polar surface area (TPSA) is 94.0 Å². The number of nitrogens with one attached hydrogen (secondary N) is 2. The lowest BCUT2D eigenvalue weighted by atomic mass is 10.2. The smallest absolute Gasteiger partial charge is 0.251 e. The van der Waals surface area contributed by atoms with Crippen LogP contribution in [-0.2, 0) is 11.3 Å². The Morgan fingerprint density at radius 3 is 2.76 bits per heavy atom. The van der Waals surface area contributed by atoms with Gasteiger partial charge in [0.25, 0.3) is 5.91 Å². The molecular weight excluding hydrogens is 388 g/mol. The molecule has 29 heavy (non-hydrogen) atoms. The van der Waals surface area contributed by atoms with Crippen molar-refractivity contribution in [2.24, 2.45) is 0 Å². The second-order valence-corrected chi connectivity index (χ2v) is 7.37. The Labute approximate surface area is 174 Å². The molecule has 2 heterocycles. The van der Waals surface area contributed by atoms with Gasteiger partial charge in [0.15, 0.2) is 10.8 Å². The fraction of sp³-hybridized carbons (Fsp3) is 0.400. The van der Waals surface area contributed by atoms with Gasteiger partial charge in [0.2, 0.25) is 0 Å². The summed E-state index contributed by atoms with van der Waals surface area (Å²) in [5, 5.41) is 12.3. The zero-order valence-electron chi connectivity index (χ0n) is 16.7. The predicted octanol–water partition coefficient (Wildman–Crippen LogP) is 2.82. The summed E-state index contributed by atoms with van der Waals surface area (Å²) >= 11 is 1.58. The maximum atomic E-state index is 12.2. The second kappa shape index (κ2) is 10.8. The number of carbonyl (C=O) groups is 1. The molecule has 3 aromatic rings. The highest BCUT2D eigenvalue weighted by molar-refractivity contribution is 7.99. The summed E-state index contributed by atoms with van der Waals surface area (Å²) < 4.78 is 7.19. The van der Waals surface area contributed by atoms with Gasteiger partial charge in [-0.1, -0.05) is 36.9 Å². The molecule has 0 saturated heterocycles. The number of thioether (sulfide) groups is 1. The first-order chi connectivity index (χ1) is 14.2. The third kappa shape index (κ3) is 5.68. The third-order valence-electron chi connectivity index (χ3n) is 4.14. The van der Waals surface area contributed by atoms with Crippen molar-refractivity contribution in [2.45, 2.75) is 25.5 Å². The lowest BCUT2D eigenvalue weighted by Gasteiger charge is -2.10. The number of amides is 1. The Morgan fingerprint density at radius 1 is 1.17 bits per heavy atom. The van der Waals surface area contributed by atoms with Crippen molar-refractivity contribution in [3.8, 4) is 0 Å². The monoisotopic (exact) mass is 414 g/mol. The van der Waals surface area contributed by atoms with Crippen LogP contribution in [0.5, 0.6) is 0 Å². The summed E-state index contributed by atoms with van der Waals surface area (Å²) in [6, 6.07) is 9.17. The number of fused-ring (bicyclic) bond motifs is 1. The highest BCUT2D eigenvalue weighted by atomic mass is 32.2. The van der Waals surface area contributed by atoms with E-state index in [4.69, 9.17) is 4.74 Å². The summed E-state index contributed by atoms with van der Waals surface area (Å²) in [6.45, 7) is 6.97. The lowest BCUT2D eigenvalue weighted by Crippen LogP contribution is -2.27. The minimum atomic E-state index is -0.0998. The standard InChI is InChI=1S/C20H26N6O2S/c1-3-28-13-11-21-17-16-14-23-26(18(16)25-20(24-17)29-4-2)12-10-22-19(27)15-8-6-5-7-9-15/h5-9,14H,3-4,10-13H2,1-2H3,(H,22,27)(H,21,24,25). The predicted molar refractivity (Wildman–Crippen MR) is 115 cm³/mol. The molecule has 154 valence electrons. The number of carbonyl (C=O) groups excluding carboxylic acids is 1. The van der Waals surface area contributed by atoms with Crippen LogP contribution >= 0.6 is 11.8 Å². The minimum Gasteiger partial charge on any atom is -0.380 e. The van der Waals surface area contributed by atoms with E-state index in [0.29, 0.717) is 43.6 Å². The molecule has 3 rings (SSSR count). The number of hydrogen-bond donors (Lipinski definition) is 2. The van der Waals surface area contributed by atoms with Crippen molar-refractivity contribution >= 4 is 34.5 Å². The number of benzene rings is 1. The van der Waals surface area contributed by atoms with Crippen LogP contribution in [0.15, 0.2) is 41.7 Å². The van der Waals surface area contributed by atoms with E-state index in [1.165, 1.54) is 0 Å². The second-order valence-electron chi connectivity index (χ2n) is 6.14. The van der Waals surface area contributed by atoms with E-state index in [-0.39, 0.29) is 5.91 Å². The first kappa shape index (κ1) is 21.1. The molecule has 0 radical (unpaired) electrons. The van der Waals surface area contributed by atoms with Gasteiger partial charge < -0.3 is 15.4 Å². The molecule has 0 atom stereocenters. The largest absolute Gasteiger partial charge is 0.380 e. The van der Waals surface area contributed by atoms with Crippen LogP contribution < -0.4 is 10.6 Å². The number of aromatic nitrogens is 4. The first-order valence-corrected chi connectivity index (χ1v) is 10.7. The van der Waals surface area contributed by atoms with E-state index in [0.717, 1.165) is 22.6 Å². The highest BCUT2D eigenvalue weighted by Crippen LogP contribution is 2.24. The summed E-state index contributed by atoms with van der Waals surface area (Å²) in [7, 11) is 0. The average Bonchev–Trinajstić information content (AvgIpc) is 3.15. The molecule has 1 amide bonds. The molecule has 0 unspecified atom stereocenters. The van der Waals surface area contributed by atoms with Crippen LogP contribution in [0.1, 0.15) is 24.2 Å². The Bertz CT molecular complexity index is 931. The van der Waals surface area contributed by atoms with Crippen LogP contribution in [-0.4, -0.2) is 57.7 Å². The van der Waals surface area contributed by atoms with Gasteiger partial charge in [0, 0.05) is 25.3 Å². The molecule has 2 aromatic heterocycles. The van der Waals surface area contributed by atoms with Crippen molar-refractivity contribution in [3.05, 3.63) is 42.1 Å². The summed E-state index contributed by atoms with van der Waals surface area (Å²) in [4.78, 5) is 21.5. The highest BCUT2D eigenvalue weighted by Gasteiger charge is 2.13. The zero-order chi connectivity index (χ0) is 20.5. The van der Waals surface area contributed by atoms with E-state index >= 15 is 0 Å². The Balaban J connectivity index is 1.70. The first-order valence-electron chi connectivity index (χ1n) is 9.74. The summed E-state index contributed by atoms with van der Waals surface area (Å²) in [5.41, 5.74) is 1.39. The number of hydrogen-bond acceptors (Lipinski definition) is 7. The van der Waals surface area contributed by atoms with Gasteiger partial charge in [0.1, 0.15) is 5.82 Å². The van der Waals surface area contributed by atoms with Gasteiger partial charge in [-0.15, -0.1) is 0 Å². The lowest BCUT2D eigenvalue weighted by molar-refractivity contribution is 0.0952. The van der Waals surface area contributed by atoms with Crippen LogP contribution in [0.3, 0.4) is 0 Å². The van der Waals surface area contributed by atoms with Crippen molar-refractivity contribution in [1.82, 2.24) is 25.1 Å². The van der Waals surface area contributed by atoms with Gasteiger partial charge >= 0.3 is 0 Å². The summed E-state index contributed by atoms with van der Waals surface area (Å²) in [5.74, 6) is 1.54.